The molecule has 1 N–H and O–H groups in total. The number of amides is 4. The Labute approximate surface area is 246 Å². The van der Waals surface area contributed by atoms with Crippen LogP contribution in [0.4, 0.5) is 0 Å². The van der Waals surface area contributed by atoms with Crippen molar-refractivity contribution in [1.29, 1.82) is 0 Å². The molecule has 2 aromatic rings. The van der Waals surface area contributed by atoms with Crippen molar-refractivity contribution >= 4 is 46.8 Å². The molecule has 41 heavy (non-hydrogen) atoms. The standard InChI is InChI=1S/C30H28Cl2N2O7/c1-33-27(38)29(31)13-19-17(9-10-18-22(19)26(37)34(25(18)36)14-15-7-5-4-6-8-15)23(30(29,32)28(33)39)16-11-20(40-2)24(35)21(12-16)41-3/h4-9,11-12,18-19,22-23,35H,10,13-14H2,1-3H3/t18-,19+,22-,23-,29+,30-/m0/s1. The maximum atomic E-state index is 14.0. The fourth-order valence-electron chi connectivity index (χ4n) is 7.19. The van der Waals surface area contributed by atoms with Crippen LogP contribution in [0.2, 0.25) is 0 Å². The number of rotatable bonds is 5. The van der Waals surface area contributed by atoms with E-state index < -0.39 is 45.2 Å². The lowest BCUT2D eigenvalue weighted by Crippen LogP contribution is -2.60. The Balaban J connectivity index is 1.51. The molecule has 0 spiro atoms. The second-order valence-corrected chi connectivity index (χ2v) is 12.3. The lowest BCUT2D eigenvalue weighted by atomic mass is 9.56. The van der Waals surface area contributed by atoms with Crippen molar-refractivity contribution in [3.63, 3.8) is 0 Å². The molecule has 11 heteroatoms. The number of alkyl halides is 2. The summed E-state index contributed by atoms with van der Waals surface area (Å²) < 4.78 is 10.7. The number of likely N-dealkylation sites (tertiary alicyclic amines) is 2. The Morgan fingerprint density at radius 2 is 1.59 bits per heavy atom. The Morgan fingerprint density at radius 1 is 0.951 bits per heavy atom. The molecule has 2 saturated heterocycles. The number of hydrogen-bond donors (Lipinski definition) is 1. The van der Waals surface area contributed by atoms with Gasteiger partial charge in [0.15, 0.2) is 21.2 Å². The molecule has 2 aromatic carbocycles. The molecule has 2 aliphatic carbocycles. The summed E-state index contributed by atoms with van der Waals surface area (Å²) in [4.78, 5) is 53.2. The minimum absolute atomic E-state index is 0.0717. The van der Waals surface area contributed by atoms with Gasteiger partial charge in [0.05, 0.1) is 32.6 Å². The van der Waals surface area contributed by atoms with Gasteiger partial charge in [-0.05, 0) is 42.0 Å². The molecule has 0 radical (unpaired) electrons. The van der Waals surface area contributed by atoms with E-state index in [2.05, 4.69) is 0 Å². The molecule has 2 aliphatic heterocycles. The first kappa shape index (κ1) is 27.6. The van der Waals surface area contributed by atoms with Gasteiger partial charge >= 0.3 is 0 Å². The number of phenolic OH excluding ortho intramolecular Hbond substituents is 1. The van der Waals surface area contributed by atoms with Gasteiger partial charge in [-0.25, -0.2) is 0 Å². The lowest BCUT2D eigenvalue weighted by Gasteiger charge is -2.50. The number of halogens is 2. The molecule has 0 unspecified atom stereocenters. The summed E-state index contributed by atoms with van der Waals surface area (Å²) >= 11 is 14.4. The average Bonchev–Trinajstić information content (AvgIpc) is 3.28. The van der Waals surface area contributed by atoms with Crippen molar-refractivity contribution in [2.75, 3.05) is 21.3 Å². The maximum absolute atomic E-state index is 14.0. The summed E-state index contributed by atoms with van der Waals surface area (Å²) in [6.45, 7) is 0.134. The average molecular weight is 599 g/mol. The number of carbonyl (C=O) groups excluding carboxylic acids is 4. The van der Waals surface area contributed by atoms with Gasteiger partial charge in [-0.2, -0.15) is 0 Å². The Morgan fingerprint density at radius 3 is 2.20 bits per heavy atom. The van der Waals surface area contributed by atoms with Crippen LogP contribution in [-0.2, 0) is 25.7 Å². The zero-order valence-electron chi connectivity index (χ0n) is 22.6. The molecule has 6 rings (SSSR count). The molecule has 3 fully saturated rings. The van der Waals surface area contributed by atoms with Crippen molar-refractivity contribution in [3.05, 3.63) is 65.2 Å². The van der Waals surface area contributed by atoms with Gasteiger partial charge in [0.1, 0.15) is 0 Å². The van der Waals surface area contributed by atoms with E-state index in [9.17, 15) is 24.3 Å². The summed E-state index contributed by atoms with van der Waals surface area (Å²) in [7, 11) is 4.08. The Bertz CT molecular complexity index is 1500. The third-order valence-electron chi connectivity index (χ3n) is 9.12. The first-order valence-electron chi connectivity index (χ1n) is 13.2. The van der Waals surface area contributed by atoms with Gasteiger partial charge in [-0.15, -0.1) is 23.2 Å². The normalized spacial score (nSPS) is 32.5. The number of methoxy groups -OCH3 is 2. The number of benzene rings is 2. The molecular weight excluding hydrogens is 571 g/mol. The number of fused-ring (bicyclic) bond motifs is 4. The number of allylic oxidation sites excluding steroid dienone is 2. The smallest absolute Gasteiger partial charge is 0.253 e. The SMILES string of the molecule is COc1cc([C@H]2C3=CC[C@@H]4C(=O)N(Cc5ccccc5)C(=O)[C@@H]4[C@@H]3C[C@@]3(Cl)C(=O)N(C)C(=O)[C@@]23Cl)cc(OC)c1O. The van der Waals surface area contributed by atoms with Gasteiger partial charge in [0.2, 0.25) is 17.6 Å². The number of aromatic hydroxyl groups is 1. The number of carbonyl (C=O) groups is 4. The predicted octanol–water partition coefficient (Wildman–Crippen LogP) is 3.60. The van der Waals surface area contributed by atoms with Crippen molar-refractivity contribution in [3.8, 4) is 17.2 Å². The summed E-state index contributed by atoms with van der Waals surface area (Å²) in [5, 5.41) is 10.6. The fraction of sp³-hybridized carbons (Fsp3) is 0.400. The van der Waals surface area contributed by atoms with E-state index in [1.807, 2.05) is 36.4 Å². The van der Waals surface area contributed by atoms with Crippen molar-refractivity contribution in [2.24, 2.45) is 17.8 Å². The highest BCUT2D eigenvalue weighted by Crippen LogP contribution is 2.65. The summed E-state index contributed by atoms with van der Waals surface area (Å²) in [5.74, 6) is -5.09. The molecule has 0 bridgehead atoms. The van der Waals surface area contributed by atoms with Gasteiger partial charge in [-0.3, -0.25) is 29.0 Å². The zero-order valence-corrected chi connectivity index (χ0v) is 24.1. The highest BCUT2D eigenvalue weighted by atomic mass is 35.5. The number of imide groups is 2. The molecular formula is C30H28Cl2N2O7. The van der Waals surface area contributed by atoms with Crippen LogP contribution < -0.4 is 9.47 Å². The van der Waals surface area contributed by atoms with E-state index in [-0.39, 0.29) is 48.4 Å². The predicted molar refractivity (Wildman–Crippen MR) is 149 cm³/mol. The van der Waals surface area contributed by atoms with E-state index in [1.54, 1.807) is 0 Å². The molecule has 1 saturated carbocycles. The van der Waals surface area contributed by atoms with Crippen LogP contribution >= 0.6 is 23.2 Å². The minimum Gasteiger partial charge on any atom is -0.502 e. The Kier molecular flexibility index (Phi) is 6.39. The van der Waals surface area contributed by atoms with Crippen molar-refractivity contribution < 1.29 is 33.8 Å². The molecule has 4 aliphatic rings. The first-order valence-corrected chi connectivity index (χ1v) is 14.0. The second-order valence-electron chi connectivity index (χ2n) is 11.0. The van der Waals surface area contributed by atoms with Crippen LogP contribution in [0.25, 0.3) is 0 Å². The van der Waals surface area contributed by atoms with Crippen LogP contribution in [0, 0.1) is 17.8 Å². The van der Waals surface area contributed by atoms with Gasteiger partial charge in [0, 0.05) is 13.0 Å². The van der Waals surface area contributed by atoms with Crippen molar-refractivity contribution in [1.82, 2.24) is 9.80 Å². The monoisotopic (exact) mass is 598 g/mol. The van der Waals surface area contributed by atoms with E-state index in [4.69, 9.17) is 32.7 Å². The largest absolute Gasteiger partial charge is 0.502 e. The summed E-state index contributed by atoms with van der Waals surface area (Å²) in [6, 6.07) is 12.3. The quantitative estimate of drug-likeness (QED) is 0.318. The fourth-order valence-corrected chi connectivity index (χ4v) is 8.20. The van der Waals surface area contributed by atoms with Gasteiger partial charge in [0.25, 0.3) is 11.8 Å². The summed E-state index contributed by atoms with van der Waals surface area (Å²) in [5.41, 5.74) is 1.88. The number of hydrogen-bond acceptors (Lipinski definition) is 7. The molecule has 214 valence electrons. The van der Waals surface area contributed by atoms with Crippen LogP contribution in [0.1, 0.15) is 29.9 Å². The van der Waals surface area contributed by atoms with Crippen LogP contribution in [0.15, 0.2) is 54.1 Å². The van der Waals surface area contributed by atoms with Crippen LogP contribution in [-0.4, -0.2) is 69.6 Å². The maximum Gasteiger partial charge on any atom is 0.253 e. The highest BCUT2D eigenvalue weighted by molar-refractivity contribution is 6.53. The number of ether oxygens (including phenoxy) is 2. The number of nitrogens with zero attached hydrogens (tertiary/aromatic N) is 2. The third kappa shape index (κ3) is 3.61. The number of phenols is 1. The Hall–Kier alpha value is -3.56. The zero-order chi connectivity index (χ0) is 29.4. The van der Waals surface area contributed by atoms with E-state index >= 15 is 0 Å². The van der Waals surface area contributed by atoms with Crippen LogP contribution in [0.3, 0.4) is 0 Å². The highest BCUT2D eigenvalue weighted by Gasteiger charge is 2.75. The summed E-state index contributed by atoms with van der Waals surface area (Å²) in [6.07, 6.45) is 2.02. The minimum atomic E-state index is -1.95. The first-order chi connectivity index (χ1) is 19.5. The molecule has 2 heterocycles. The topological polar surface area (TPSA) is 113 Å². The van der Waals surface area contributed by atoms with Crippen molar-refractivity contribution in [2.45, 2.75) is 35.1 Å². The lowest BCUT2D eigenvalue weighted by molar-refractivity contribution is -0.141. The second kappa shape index (κ2) is 9.49. The molecule has 6 atom stereocenters. The molecule has 9 nitrogen and oxygen atoms in total. The molecule has 4 amide bonds. The van der Waals surface area contributed by atoms with Gasteiger partial charge in [-0.1, -0.05) is 42.0 Å². The van der Waals surface area contributed by atoms with E-state index in [0.29, 0.717) is 11.1 Å². The third-order valence-corrected chi connectivity index (χ3v) is 10.5. The van der Waals surface area contributed by atoms with E-state index in [0.717, 1.165) is 10.5 Å². The van der Waals surface area contributed by atoms with Gasteiger partial charge < -0.3 is 14.6 Å². The van der Waals surface area contributed by atoms with E-state index in [1.165, 1.54) is 38.3 Å². The van der Waals surface area contributed by atoms with Crippen LogP contribution in [0.5, 0.6) is 17.2 Å². The molecule has 0 aromatic heterocycles.